The lowest BCUT2D eigenvalue weighted by Gasteiger charge is -2.34. The van der Waals surface area contributed by atoms with Crippen molar-refractivity contribution in [3.63, 3.8) is 0 Å². The van der Waals surface area contributed by atoms with Gasteiger partial charge in [0.2, 0.25) is 0 Å². The Kier molecular flexibility index (Phi) is 9.05. The number of hydrogen-bond donors (Lipinski definition) is 1. The van der Waals surface area contributed by atoms with Crippen LogP contribution in [0.3, 0.4) is 0 Å². The van der Waals surface area contributed by atoms with Gasteiger partial charge in [-0.1, -0.05) is 0 Å². The smallest absolute Gasteiger partial charge is 0.123 e. The van der Waals surface area contributed by atoms with Crippen molar-refractivity contribution >= 4 is 24.8 Å². The number of alkyl halides is 1. The minimum Gasteiger partial charge on any atom is -0.496 e. The highest BCUT2D eigenvalue weighted by molar-refractivity contribution is 5.85. The monoisotopic (exact) mass is 328 g/mol. The van der Waals surface area contributed by atoms with Crippen LogP contribution < -0.4 is 10.1 Å². The van der Waals surface area contributed by atoms with Crippen molar-refractivity contribution in [1.29, 1.82) is 0 Å². The van der Waals surface area contributed by atoms with Gasteiger partial charge in [-0.25, -0.2) is 8.78 Å². The third-order valence-corrected chi connectivity index (χ3v) is 3.29. The van der Waals surface area contributed by atoms with Crippen LogP contribution in [-0.2, 0) is 0 Å². The highest BCUT2D eigenvalue weighted by atomic mass is 35.5. The van der Waals surface area contributed by atoms with E-state index in [9.17, 15) is 8.78 Å². The van der Waals surface area contributed by atoms with Gasteiger partial charge in [0.05, 0.1) is 13.2 Å². The lowest BCUT2D eigenvalue weighted by Crippen LogP contribution is -2.45. The van der Waals surface area contributed by atoms with Crippen LogP contribution >= 0.6 is 24.8 Å². The molecule has 2 rings (SSSR count). The van der Waals surface area contributed by atoms with Crippen molar-refractivity contribution < 1.29 is 13.5 Å². The van der Waals surface area contributed by atoms with Gasteiger partial charge in [0.1, 0.15) is 18.2 Å². The molecule has 7 heteroatoms. The normalized spacial score (nSPS) is 16.8. The summed E-state index contributed by atoms with van der Waals surface area (Å²) in [5, 5.41) is 3.22. The van der Waals surface area contributed by atoms with Crippen LogP contribution in [0.1, 0.15) is 11.6 Å². The molecule has 1 saturated heterocycles. The molecule has 0 aromatic heterocycles. The van der Waals surface area contributed by atoms with Crippen LogP contribution in [-0.4, -0.2) is 44.9 Å². The Hall–Kier alpha value is -0.620. The molecule has 0 unspecified atom stereocenters. The van der Waals surface area contributed by atoms with E-state index in [0.717, 1.165) is 26.2 Å². The van der Waals surface area contributed by atoms with E-state index in [2.05, 4.69) is 5.32 Å². The van der Waals surface area contributed by atoms with Crippen molar-refractivity contribution in [2.45, 2.75) is 6.04 Å². The van der Waals surface area contributed by atoms with Crippen LogP contribution in [0.4, 0.5) is 8.78 Å². The van der Waals surface area contributed by atoms with E-state index in [4.69, 9.17) is 4.74 Å². The molecule has 1 aliphatic rings. The summed E-state index contributed by atoms with van der Waals surface area (Å²) in [6.45, 7) is 2.63. The zero-order valence-corrected chi connectivity index (χ0v) is 12.9. The first kappa shape index (κ1) is 19.4. The molecule has 3 nitrogen and oxygen atoms in total. The Labute approximate surface area is 130 Å². The second-order valence-corrected chi connectivity index (χ2v) is 4.34. The maximum absolute atomic E-state index is 13.3. The fourth-order valence-corrected chi connectivity index (χ4v) is 2.34. The van der Waals surface area contributed by atoms with E-state index in [1.54, 1.807) is 6.07 Å². The molecule has 20 heavy (non-hydrogen) atoms. The van der Waals surface area contributed by atoms with Gasteiger partial charge in [-0.05, 0) is 18.2 Å². The molecule has 1 atom stereocenters. The fourth-order valence-electron chi connectivity index (χ4n) is 2.34. The first-order chi connectivity index (χ1) is 8.76. The molecule has 1 N–H and O–H groups in total. The maximum Gasteiger partial charge on any atom is 0.123 e. The summed E-state index contributed by atoms with van der Waals surface area (Å²) >= 11 is 0. The van der Waals surface area contributed by atoms with Crippen molar-refractivity contribution in [3.05, 3.63) is 29.6 Å². The minimum absolute atomic E-state index is 0. The Balaban J connectivity index is 0.00000180. The van der Waals surface area contributed by atoms with Crippen molar-refractivity contribution in [2.75, 3.05) is 40.0 Å². The highest BCUT2D eigenvalue weighted by Crippen LogP contribution is 2.30. The molecule has 1 heterocycles. The van der Waals surface area contributed by atoms with E-state index in [1.807, 2.05) is 4.90 Å². The molecule has 1 aromatic rings. The fraction of sp³-hybridized carbons (Fsp3) is 0.538. The lowest BCUT2D eigenvalue weighted by atomic mass is 10.0. The summed E-state index contributed by atoms with van der Waals surface area (Å²) in [5.41, 5.74) is 0.585. The number of hydrogen-bond acceptors (Lipinski definition) is 3. The molecule has 0 radical (unpaired) electrons. The van der Waals surface area contributed by atoms with Crippen LogP contribution in [0.15, 0.2) is 18.2 Å². The molecule has 0 bridgehead atoms. The molecule has 1 aromatic carbocycles. The molecule has 0 aliphatic carbocycles. The summed E-state index contributed by atoms with van der Waals surface area (Å²) in [4.78, 5) is 2.02. The van der Waals surface area contributed by atoms with Gasteiger partial charge < -0.3 is 10.1 Å². The Bertz CT molecular complexity index is 404. The van der Waals surface area contributed by atoms with Gasteiger partial charge in [0.15, 0.2) is 0 Å². The van der Waals surface area contributed by atoms with E-state index in [1.165, 1.54) is 19.2 Å². The van der Waals surface area contributed by atoms with Crippen molar-refractivity contribution in [1.82, 2.24) is 10.2 Å². The van der Waals surface area contributed by atoms with E-state index < -0.39 is 12.7 Å². The summed E-state index contributed by atoms with van der Waals surface area (Å²) in [5.74, 6) is 0.178. The zero-order valence-electron chi connectivity index (χ0n) is 11.3. The van der Waals surface area contributed by atoms with Gasteiger partial charge in [-0.3, -0.25) is 4.90 Å². The molecule has 116 valence electrons. The topological polar surface area (TPSA) is 24.5 Å². The molecular formula is C13H20Cl2F2N2O. The summed E-state index contributed by atoms with van der Waals surface area (Å²) in [6, 6.07) is 3.81. The lowest BCUT2D eigenvalue weighted by molar-refractivity contribution is 0.145. The average Bonchev–Trinajstić information content (AvgIpc) is 2.41. The van der Waals surface area contributed by atoms with Gasteiger partial charge in [-0.2, -0.15) is 0 Å². The predicted octanol–water partition coefficient (Wildman–Crippen LogP) is 2.59. The number of methoxy groups -OCH3 is 1. The number of piperazine rings is 1. The highest BCUT2D eigenvalue weighted by Gasteiger charge is 2.25. The molecular weight excluding hydrogens is 309 g/mol. The number of rotatable bonds is 4. The van der Waals surface area contributed by atoms with Gasteiger partial charge >= 0.3 is 0 Å². The Morgan fingerprint density at radius 3 is 2.50 bits per heavy atom. The minimum atomic E-state index is -0.542. The molecule has 0 spiro atoms. The third-order valence-electron chi connectivity index (χ3n) is 3.29. The number of nitrogens with zero attached hydrogens (tertiary/aromatic N) is 1. The molecule has 0 amide bonds. The average molecular weight is 329 g/mol. The zero-order chi connectivity index (χ0) is 13.0. The maximum atomic E-state index is 13.3. The Morgan fingerprint density at radius 2 is 1.95 bits per heavy atom. The van der Waals surface area contributed by atoms with Crippen molar-refractivity contribution in [3.8, 4) is 5.75 Å². The quantitative estimate of drug-likeness (QED) is 0.919. The summed E-state index contributed by atoms with van der Waals surface area (Å²) in [7, 11) is 1.52. The van der Waals surface area contributed by atoms with Crippen LogP contribution in [0.25, 0.3) is 0 Å². The summed E-state index contributed by atoms with van der Waals surface area (Å²) < 4.78 is 31.9. The van der Waals surface area contributed by atoms with E-state index >= 15 is 0 Å². The third kappa shape index (κ3) is 4.45. The van der Waals surface area contributed by atoms with Gasteiger partial charge in [0.25, 0.3) is 0 Å². The second kappa shape index (κ2) is 9.34. The number of halogens is 4. The van der Waals surface area contributed by atoms with Gasteiger partial charge in [0, 0.05) is 31.7 Å². The van der Waals surface area contributed by atoms with Crippen molar-refractivity contribution in [2.24, 2.45) is 0 Å². The second-order valence-electron chi connectivity index (χ2n) is 4.34. The van der Waals surface area contributed by atoms with E-state index in [-0.39, 0.29) is 30.6 Å². The van der Waals surface area contributed by atoms with Crippen LogP contribution in [0, 0.1) is 5.82 Å². The number of nitrogens with one attached hydrogen (secondary N) is 1. The first-order valence-corrected chi connectivity index (χ1v) is 6.10. The van der Waals surface area contributed by atoms with Crippen LogP contribution in [0.5, 0.6) is 5.75 Å². The standard InChI is InChI=1S/C13H18F2N2O.2ClH/c1-18-13-3-2-10(15)8-11(13)12(9-14)17-6-4-16-5-7-17;;/h2-3,8,12,16H,4-7,9H2,1H3;2*1H/t12-;;/m0../s1. The van der Waals surface area contributed by atoms with Gasteiger partial charge in [-0.15, -0.1) is 24.8 Å². The molecule has 0 saturated carbocycles. The number of ether oxygens (including phenoxy) is 1. The van der Waals surface area contributed by atoms with Crippen LogP contribution in [0.2, 0.25) is 0 Å². The summed E-state index contributed by atoms with van der Waals surface area (Å²) in [6.07, 6.45) is 0. The number of benzene rings is 1. The van der Waals surface area contributed by atoms with E-state index in [0.29, 0.717) is 11.3 Å². The SMILES string of the molecule is COc1ccc(F)cc1[C@H](CF)N1CCNCC1.Cl.Cl. The molecule has 1 fully saturated rings. The largest absolute Gasteiger partial charge is 0.496 e. The Morgan fingerprint density at radius 1 is 1.30 bits per heavy atom. The first-order valence-electron chi connectivity index (χ1n) is 6.10. The predicted molar refractivity (Wildman–Crippen MR) is 80.6 cm³/mol. The molecule has 1 aliphatic heterocycles.